The number of hydrogen-bond acceptors (Lipinski definition) is 6. The van der Waals surface area contributed by atoms with Gasteiger partial charge in [0.05, 0.1) is 13.2 Å². The number of carbonyl (C=O) groups is 1. The van der Waals surface area contributed by atoms with Crippen molar-refractivity contribution in [2.75, 3.05) is 13.9 Å². The summed E-state index contributed by atoms with van der Waals surface area (Å²) >= 11 is 5.20. The van der Waals surface area contributed by atoms with E-state index >= 15 is 0 Å². The van der Waals surface area contributed by atoms with Gasteiger partial charge in [0.15, 0.2) is 28.1 Å². The van der Waals surface area contributed by atoms with Gasteiger partial charge in [-0.25, -0.2) is 0 Å². The fraction of sp³-hybridized carbons (Fsp3) is 0.300. The Labute approximate surface area is 174 Å². The van der Waals surface area contributed by atoms with Crippen molar-refractivity contribution in [3.63, 3.8) is 0 Å². The highest BCUT2D eigenvalue weighted by molar-refractivity contribution is 7.80. The smallest absolute Gasteiger partial charge is 0.269 e. The molecular formula is C20H23N3O5S. The minimum atomic E-state index is -0.355. The topological polar surface area (TPSA) is 90.1 Å². The van der Waals surface area contributed by atoms with E-state index in [-0.39, 0.29) is 23.9 Å². The van der Waals surface area contributed by atoms with E-state index in [2.05, 4.69) is 16.2 Å². The van der Waals surface area contributed by atoms with Crippen LogP contribution in [0.5, 0.6) is 23.0 Å². The average molecular weight is 417 g/mol. The molecule has 3 N–H and O–H groups in total. The van der Waals surface area contributed by atoms with Crippen molar-refractivity contribution in [2.45, 2.75) is 26.5 Å². The third-order valence-corrected chi connectivity index (χ3v) is 4.21. The first-order chi connectivity index (χ1) is 14.0. The van der Waals surface area contributed by atoms with Gasteiger partial charge in [-0.1, -0.05) is 6.07 Å². The standard InChI is InChI=1S/C20H23N3O5S/c1-12(2)28-16-7-5-14(9-17(16)25-3)19(24)22-23-20(29)21-10-13-4-6-15-18(8-13)27-11-26-15/h4-9,12H,10-11H2,1-3H3,(H,22,24)(H2,21,23,29). The number of benzene rings is 2. The number of thiocarbonyl (C=S) groups is 1. The number of methoxy groups -OCH3 is 1. The van der Waals surface area contributed by atoms with Crippen molar-refractivity contribution >= 4 is 23.2 Å². The fourth-order valence-electron chi connectivity index (χ4n) is 2.62. The van der Waals surface area contributed by atoms with E-state index in [9.17, 15) is 4.79 Å². The van der Waals surface area contributed by atoms with E-state index < -0.39 is 0 Å². The highest BCUT2D eigenvalue weighted by Crippen LogP contribution is 2.32. The lowest BCUT2D eigenvalue weighted by Crippen LogP contribution is -2.46. The van der Waals surface area contributed by atoms with Crippen LogP contribution in [-0.2, 0) is 6.54 Å². The minimum absolute atomic E-state index is 0.00143. The van der Waals surface area contributed by atoms with Gasteiger partial charge in [0.2, 0.25) is 6.79 Å². The second-order valence-electron chi connectivity index (χ2n) is 6.48. The van der Waals surface area contributed by atoms with Crippen LogP contribution in [0.25, 0.3) is 0 Å². The highest BCUT2D eigenvalue weighted by Gasteiger charge is 2.14. The molecular weight excluding hydrogens is 394 g/mol. The molecule has 8 nitrogen and oxygen atoms in total. The summed E-state index contributed by atoms with van der Waals surface area (Å²) in [5, 5.41) is 3.30. The first-order valence-electron chi connectivity index (χ1n) is 9.03. The number of carbonyl (C=O) groups excluding carboxylic acids is 1. The summed E-state index contributed by atoms with van der Waals surface area (Å²) < 4.78 is 21.6. The van der Waals surface area contributed by atoms with Crippen LogP contribution in [0.15, 0.2) is 36.4 Å². The molecule has 3 rings (SSSR count). The predicted molar refractivity (Wildman–Crippen MR) is 111 cm³/mol. The maximum atomic E-state index is 12.4. The van der Waals surface area contributed by atoms with Gasteiger partial charge >= 0.3 is 0 Å². The molecule has 154 valence electrons. The molecule has 0 fully saturated rings. The first kappa shape index (κ1) is 20.5. The van der Waals surface area contributed by atoms with Crippen LogP contribution >= 0.6 is 12.2 Å². The monoisotopic (exact) mass is 417 g/mol. The normalized spacial score (nSPS) is 11.7. The van der Waals surface area contributed by atoms with E-state index in [1.165, 1.54) is 7.11 Å². The second-order valence-corrected chi connectivity index (χ2v) is 6.89. The summed E-state index contributed by atoms with van der Waals surface area (Å²) in [7, 11) is 1.53. The highest BCUT2D eigenvalue weighted by atomic mass is 32.1. The van der Waals surface area contributed by atoms with Gasteiger partial charge in [-0.3, -0.25) is 15.6 Å². The van der Waals surface area contributed by atoms with Gasteiger partial charge in [-0.2, -0.15) is 0 Å². The number of fused-ring (bicyclic) bond motifs is 1. The van der Waals surface area contributed by atoms with Crippen LogP contribution in [0.3, 0.4) is 0 Å². The number of amides is 1. The Morgan fingerprint density at radius 2 is 1.90 bits per heavy atom. The van der Waals surface area contributed by atoms with Crippen molar-refractivity contribution in [2.24, 2.45) is 0 Å². The van der Waals surface area contributed by atoms with Crippen LogP contribution in [0.2, 0.25) is 0 Å². The van der Waals surface area contributed by atoms with Crippen LogP contribution in [0, 0.1) is 0 Å². The molecule has 29 heavy (non-hydrogen) atoms. The molecule has 9 heteroatoms. The molecule has 2 aromatic rings. The number of rotatable bonds is 6. The Kier molecular flexibility index (Phi) is 6.61. The Hall–Kier alpha value is -3.20. The van der Waals surface area contributed by atoms with Crippen molar-refractivity contribution in [3.05, 3.63) is 47.5 Å². The lowest BCUT2D eigenvalue weighted by molar-refractivity contribution is 0.0943. The number of ether oxygens (including phenoxy) is 4. The van der Waals surface area contributed by atoms with Gasteiger partial charge < -0.3 is 24.3 Å². The number of nitrogens with one attached hydrogen (secondary N) is 3. The van der Waals surface area contributed by atoms with E-state index in [4.69, 9.17) is 31.2 Å². The molecule has 0 atom stereocenters. The molecule has 1 heterocycles. The average Bonchev–Trinajstić information content (AvgIpc) is 3.18. The maximum absolute atomic E-state index is 12.4. The first-order valence-corrected chi connectivity index (χ1v) is 9.44. The summed E-state index contributed by atoms with van der Waals surface area (Å²) in [5.74, 6) is 2.13. The zero-order valence-electron chi connectivity index (χ0n) is 16.4. The molecule has 0 unspecified atom stereocenters. The minimum Gasteiger partial charge on any atom is -0.493 e. The lowest BCUT2D eigenvalue weighted by Gasteiger charge is -2.15. The third kappa shape index (κ3) is 5.41. The van der Waals surface area contributed by atoms with E-state index in [0.717, 1.165) is 11.3 Å². The lowest BCUT2D eigenvalue weighted by atomic mass is 10.2. The van der Waals surface area contributed by atoms with E-state index in [1.54, 1.807) is 18.2 Å². The molecule has 0 spiro atoms. The maximum Gasteiger partial charge on any atom is 0.269 e. The zero-order chi connectivity index (χ0) is 20.8. The molecule has 0 saturated carbocycles. The number of hydrazine groups is 1. The van der Waals surface area contributed by atoms with Crippen LogP contribution in [-0.4, -0.2) is 31.0 Å². The molecule has 0 aromatic heterocycles. The molecule has 0 aliphatic carbocycles. The van der Waals surface area contributed by atoms with Crippen molar-refractivity contribution in [3.8, 4) is 23.0 Å². The van der Waals surface area contributed by atoms with Gasteiger partial charge in [-0.15, -0.1) is 0 Å². The van der Waals surface area contributed by atoms with Crippen LogP contribution in [0.4, 0.5) is 0 Å². The van der Waals surface area contributed by atoms with Gasteiger partial charge in [0.25, 0.3) is 5.91 Å². The van der Waals surface area contributed by atoms with Gasteiger partial charge in [0.1, 0.15) is 0 Å². The van der Waals surface area contributed by atoms with Crippen molar-refractivity contribution < 1.29 is 23.7 Å². The van der Waals surface area contributed by atoms with Crippen LogP contribution in [0.1, 0.15) is 29.8 Å². The van der Waals surface area contributed by atoms with Gasteiger partial charge in [0, 0.05) is 12.1 Å². The zero-order valence-corrected chi connectivity index (χ0v) is 17.2. The Bertz CT molecular complexity index is 904. The SMILES string of the molecule is COc1cc(C(=O)NNC(=S)NCc2ccc3c(c2)OCO3)ccc1OC(C)C. The van der Waals surface area contributed by atoms with E-state index in [0.29, 0.717) is 29.4 Å². The quantitative estimate of drug-likeness (QED) is 0.488. The van der Waals surface area contributed by atoms with Crippen LogP contribution < -0.4 is 35.1 Å². The van der Waals surface area contributed by atoms with Crippen molar-refractivity contribution in [1.29, 1.82) is 0 Å². The molecule has 2 aromatic carbocycles. The Morgan fingerprint density at radius 1 is 1.10 bits per heavy atom. The third-order valence-electron chi connectivity index (χ3n) is 3.97. The summed E-state index contributed by atoms with van der Waals surface area (Å²) in [6, 6.07) is 10.6. The van der Waals surface area contributed by atoms with E-state index in [1.807, 2.05) is 32.0 Å². The summed E-state index contributed by atoms with van der Waals surface area (Å²) in [6.07, 6.45) is -0.00143. The summed E-state index contributed by atoms with van der Waals surface area (Å²) in [6.45, 7) is 4.53. The summed E-state index contributed by atoms with van der Waals surface area (Å²) in [4.78, 5) is 12.4. The molecule has 0 radical (unpaired) electrons. The fourth-order valence-corrected chi connectivity index (χ4v) is 2.75. The second kappa shape index (κ2) is 9.33. The Morgan fingerprint density at radius 3 is 2.66 bits per heavy atom. The molecule has 1 amide bonds. The Balaban J connectivity index is 1.50. The molecule has 0 bridgehead atoms. The molecule has 1 aliphatic rings. The van der Waals surface area contributed by atoms with Crippen molar-refractivity contribution in [1.82, 2.24) is 16.2 Å². The largest absolute Gasteiger partial charge is 0.493 e. The summed E-state index contributed by atoms with van der Waals surface area (Å²) in [5.41, 5.74) is 6.61. The molecule has 1 aliphatic heterocycles. The number of hydrogen-bond donors (Lipinski definition) is 3. The molecule has 0 saturated heterocycles. The van der Waals surface area contributed by atoms with Gasteiger partial charge in [-0.05, 0) is 62.0 Å². The predicted octanol–water partition coefficient (Wildman–Crippen LogP) is 2.52.